The number of aliphatic hydroxyl groups is 1. The molecule has 2 heteroatoms. The third-order valence-corrected chi connectivity index (χ3v) is 2.69. The van der Waals surface area contributed by atoms with Crippen molar-refractivity contribution in [3.8, 4) is 5.75 Å². The van der Waals surface area contributed by atoms with Crippen LogP contribution in [0.1, 0.15) is 11.1 Å². The fourth-order valence-corrected chi connectivity index (χ4v) is 1.94. The zero-order valence-corrected chi connectivity index (χ0v) is 7.79. The molecule has 1 aliphatic carbocycles. The van der Waals surface area contributed by atoms with Crippen molar-refractivity contribution in [2.75, 3.05) is 13.7 Å². The van der Waals surface area contributed by atoms with Crippen LogP contribution in [0.25, 0.3) is 0 Å². The smallest absolute Gasteiger partial charge is 0.119 e. The highest BCUT2D eigenvalue weighted by Crippen LogP contribution is 2.29. The minimum Gasteiger partial charge on any atom is -0.497 e. The molecule has 2 nitrogen and oxygen atoms in total. The van der Waals surface area contributed by atoms with Gasteiger partial charge in [0.25, 0.3) is 0 Å². The first kappa shape index (κ1) is 8.57. The first-order valence-corrected chi connectivity index (χ1v) is 4.60. The van der Waals surface area contributed by atoms with E-state index in [4.69, 9.17) is 9.84 Å². The number of benzene rings is 1. The van der Waals surface area contributed by atoms with E-state index < -0.39 is 0 Å². The summed E-state index contributed by atoms with van der Waals surface area (Å²) in [5, 5.41) is 9.03. The molecule has 0 fully saturated rings. The van der Waals surface area contributed by atoms with E-state index in [1.165, 1.54) is 11.1 Å². The van der Waals surface area contributed by atoms with Crippen LogP contribution in [0.15, 0.2) is 18.2 Å². The van der Waals surface area contributed by atoms with Crippen molar-refractivity contribution in [2.45, 2.75) is 12.8 Å². The predicted octanol–water partition coefficient (Wildman–Crippen LogP) is 1.40. The minimum atomic E-state index is 0.289. The van der Waals surface area contributed by atoms with E-state index >= 15 is 0 Å². The highest BCUT2D eigenvalue weighted by Gasteiger charge is 2.20. The van der Waals surface area contributed by atoms with Gasteiger partial charge in [-0.25, -0.2) is 0 Å². The van der Waals surface area contributed by atoms with Crippen molar-refractivity contribution in [3.05, 3.63) is 29.3 Å². The van der Waals surface area contributed by atoms with Gasteiger partial charge in [-0.15, -0.1) is 0 Å². The van der Waals surface area contributed by atoms with Crippen LogP contribution in [0.2, 0.25) is 0 Å². The van der Waals surface area contributed by atoms with Crippen molar-refractivity contribution < 1.29 is 9.84 Å². The van der Waals surface area contributed by atoms with Crippen molar-refractivity contribution in [2.24, 2.45) is 5.92 Å². The van der Waals surface area contributed by atoms with Gasteiger partial charge in [-0.05, 0) is 42.0 Å². The van der Waals surface area contributed by atoms with Gasteiger partial charge in [0.2, 0.25) is 0 Å². The van der Waals surface area contributed by atoms with Crippen molar-refractivity contribution in [3.63, 3.8) is 0 Å². The first-order valence-electron chi connectivity index (χ1n) is 4.60. The number of fused-ring (bicyclic) bond motifs is 1. The minimum absolute atomic E-state index is 0.289. The molecule has 1 N–H and O–H groups in total. The lowest BCUT2D eigenvalue weighted by molar-refractivity contribution is 0.232. The zero-order valence-electron chi connectivity index (χ0n) is 7.79. The van der Waals surface area contributed by atoms with Crippen molar-refractivity contribution >= 4 is 0 Å². The topological polar surface area (TPSA) is 29.5 Å². The Morgan fingerprint density at radius 3 is 2.85 bits per heavy atom. The van der Waals surface area contributed by atoms with Crippen LogP contribution in [-0.4, -0.2) is 18.8 Å². The molecule has 0 aliphatic heterocycles. The Morgan fingerprint density at radius 2 is 2.15 bits per heavy atom. The zero-order chi connectivity index (χ0) is 9.26. The standard InChI is InChI=1S/C11H14O2/c1-13-11-3-2-9-4-8(7-12)5-10(9)6-11/h2-3,6,8,12H,4-5,7H2,1H3. The molecule has 1 aromatic rings. The van der Waals surface area contributed by atoms with E-state index in [9.17, 15) is 0 Å². The van der Waals surface area contributed by atoms with Gasteiger partial charge in [0, 0.05) is 6.61 Å². The van der Waals surface area contributed by atoms with Gasteiger partial charge < -0.3 is 9.84 Å². The lowest BCUT2D eigenvalue weighted by atomic mass is 10.1. The molecule has 0 heterocycles. The second-order valence-corrected chi connectivity index (χ2v) is 3.59. The van der Waals surface area contributed by atoms with Crippen LogP contribution in [0.5, 0.6) is 5.75 Å². The molecule has 70 valence electrons. The van der Waals surface area contributed by atoms with Crippen molar-refractivity contribution in [1.29, 1.82) is 0 Å². The average molecular weight is 178 g/mol. The molecule has 2 rings (SSSR count). The van der Waals surface area contributed by atoms with Crippen LogP contribution in [-0.2, 0) is 12.8 Å². The predicted molar refractivity (Wildman–Crippen MR) is 51.0 cm³/mol. The molecule has 0 aromatic heterocycles. The molecular formula is C11H14O2. The summed E-state index contributed by atoms with van der Waals surface area (Å²) in [4.78, 5) is 0. The highest BCUT2D eigenvalue weighted by atomic mass is 16.5. The SMILES string of the molecule is COc1ccc2c(c1)CC(CO)C2. The lowest BCUT2D eigenvalue weighted by Gasteiger charge is -2.02. The van der Waals surface area contributed by atoms with E-state index in [0.29, 0.717) is 5.92 Å². The number of ether oxygens (including phenoxy) is 1. The molecule has 0 radical (unpaired) electrons. The molecule has 0 bridgehead atoms. The molecule has 13 heavy (non-hydrogen) atoms. The Hall–Kier alpha value is -1.02. The number of aliphatic hydroxyl groups excluding tert-OH is 1. The van der Waals surface area contributed by atoms with Gasteiger partial charge in [-0.1, -0.05) is 6.07 Å². The second-order valence-electron chi connectivity index (χ2n) is 3.59. The molecule has 1 unspecified atom stereocenters. The summed E-state index contributed by atoms with van der Waals surface area (Å²) in [5.74, 6) is 1.33. The molecule has 0 saturated heterocycles. The molecule has 0 spiro atoms. The van der Waals surface area contributed by atoms with Crippen molar-refractivity contribution in [1.82, 2.24) is 0 Å². The molecule has 1 atom stereocenters. The molecule has 0 amide bonds. The van der Waals surface area contributed by atoms with Crippen LogP contribution >= 0.6 is 0 Å². The fourth-order valence-electron chi connectivity index (χ4n) is 1.94. The maximum Gasteiger partial charge on any atom is 0.119 e. The van der Waals surface area contributed by atoms with Crippen LogP contribution in [0.3, 0.4) is 0 Å². The molecule has 0 saturated carbocycles. The maximum atomic E-state index is 9.03. The Balaban J connectivity index is 2.25. The van der Waals surface area contributed by atoms with Crippen LogP contribution in [0.4, 0.5) is 0 Å². The monoisotopic (exact) mass is 178 g/mol. The quantitative estimate of drug-likeness (QED) is 0.741. The molecule has 1 aliphatic rings. The summed E-state index contributed by atoms with van der Waals surface area (Å²) in [6.45, 7) is 0.289. The first-order chi connectivity index (χ1) is 6.33. The van der Waals surface area contributed by atoms with Gasteiger partial charge in [-0.3, -0.25) is 0 Å². The summed E-state index contributed by atoms with van der Waals surface area (Å²) < 4.78 is 5.15. The van der Waals surface area contributed by atoms with Gasteiger partial charge in [0.1, 0.15) is 5.75 Å². The third kappa shape index (κ3) is 1.54. The van der Waals surface area contributed by atoms with Gasteiger partial charge in [-0.2, -0.15) is 0 Å². The number of methoxy groups -OCH3 is 1. The maximum absolute atomic E-state index is 9.03. The van der Waals surface area contributed by atoms with Crippen LogP contribution in [0, 0.1) is 5.92 Å². The van der Waals surface area contributed by atoms with E-state index in [0.717, 1.165) is 18.6 Å². The lowest BCUT2D eigenvalue weighted by Crippen LogP contribution is -2.04. The average Bonchev–Trinajstić information content (AvgIpc) is 2.58. The summed E-state index contributed by atoms with van der Waals surface area (Å²) in [6.07, 6.45) is 2.00. The van der Waals surface area contributed by atoms with E-state index in [1.54, 1.807) is 7.11 Å². The Labute approximate surface area is 78.2 Å². The van der Waals surface area contributed by atoms with Crippen LogP contribution < -0.4 is 4.74 Å². The number of hydrogen-bond donors (Lipinski definition) is 1. The Kier molecular flexibility index (Phi) is 2.23. The van der Waals surface area contributed by atoms with E-state index in [2.05, 4.69) is 12.1 Å². The fraction of sp³-hybridized carbons (Fsp3) is 0.455. The summed E-state index contributed by atoms with van der Waals surface area (Å²) in [5.41, 5.74) is 2.69. The normalized spacial score (nSPS) is 20.0. The number of rotatable bonds is 2. The molecular weight excluding hydrogens is 164 g/mol. The number of hydrogen-bond acceptors (Lipinski definition) is 2. The van der Waals surface area contributed by atoms with Gasteiger partial charge in [0.05, 0.1) is 7.11 Å². The Bertz CT molecular complexity index is 307. The summed E-state index contributed by atoms with van der Waals surface area (Å²) in [6, 6.07) is 6.16. The second kappa shape index (κ2) is 3.38. The largest absolute Gasteiger partial charge is 0.497 e. The van der Waals surface area contributed by atoms with E-state index in [-0.39, 0.29) is 6.61 Å². The highest BCUT2D eigenvalue weighted by molar-refractivity contribution is 5.39. The van der Waals surface area contributed by atoms with Gasteiger partial charge in [0.15, 0.2) is 0 Å². The molecule has 1 aromatic carbocycles. The van der Waals surface area contributed by atoms with Gasteiger partial charge >= 0.3 is 0 Å². The van der Waals surface area contributed by atoms with E-state index in [1.807, 2.05) is 6.07 Å². The Morgan fingerprint density at radius 1 is 1.38 bits per heavy atom. The third-order valence-electron chi connectivity index (χ3n) is 2.69. The summed E-state index contributed by atoms with van der Waals surface area (Å²) >= 11 is 0. The summed E-state index contributed by atoms with van der Waals surface area (Å²) in [7, 11) is 1.68.